The molecule has 1 saturated heterocycles. The van der Waals surface area contributed by atoms with Crippen molar-refractivity contribution in [2.24, 2.45) is 5.73 Å². The minimum absolute atomic E-state index is 0.128. The van der Waals surface area contributed by atoms with Gasteiger partial charge >= 0.3 is 0 Å². The van der Waals surface area contributed by atoms with Crippen LogP contribution < -0.4 is 15.2 Å². The van der Waals surface area contributed by atoms with Gasteiger partial charge in [0.1, 0.15) is 4.90 Å². The molecule has 1 aliphatic heterocycles. The van der Waals surface area contributed by atoms with Crippen LogP contribution in [-0.2, 0) is 14.8 Å². The van der Waals surface area contributed by atoms with E-state index in [0.717, 1.165) is 0 Å². The number of ether oxygens (including phenoxy) is 3. The summed E-state index contributed by atoms with van der Waals surface area (Å²) in [5.41, 5.74) is 5.57. The summed E-state index contributed by atoms with van der Waals surface area (Å²) in [6, 6.07) is 3.03. The lowest BCUT2D eigenvalue weighted by molar-refractivity contribution is 0.00449. The van der Waals surface area contributed by atoms with Gasteiger partial charge in [-0.3, -0.25) is 0 Å². The van der Waals surface area contributed by atoms with Crippen molar-refractivity contribution in [3.05, 3.63) is 16.6 Å². The van der Waals surface area contributed by atoms with Crippen molar-refractivity contribution in [2.45, 2.75) is 11.0 Å². The normalized spacial score (nSPS) is 19.9. The van der Waals surface area contributed by atoms with Crippen molar-refractivity contribution in [2.75, 3.05) is 40.5 Å². The van der Waals surface area contributed by atoms with Gasteiger partial charge in [-0.25, -0.2) is 8.42 Å². The molecule has 0 aliphatic carbocycles. The van der Waals surface area contributed by atoms with Crippen LogP contribution in [-0.4, -0.2) is 59.3 Å². The van der Waals surface area contributed by atoms with E-state index in [1.807, 2.05) is 0 Å². The van der Waals surface area contributed by atoms with Crippen LogP contribution in [0.25, 0.3) is 0 Å². The van der Waals surface area contributed by atoms with Crippen molar-refractivity contribution in [3.63, 3.8) is 0 Å². The van der Waals surface area contributed by atoms with Gasteiger partial charge in [-0.2, -0.15) is 4.31 Å². The first-order valence-electron chi connectivity index (χ1n) is 6.67. The summed E-state index contributed by atoms with van der Waals surface area (Å²) >= 11 is 3.29. The Balaban J connectivity index is 2.40. The lowest BCUT2D eigenvalue weighted by atomic mass is 10.3. The topological polar surface area (TPSA) is 91.1 Å². The van der Waals surface area contributed by atoms with Gasteiger partial charge < -0.3 is 19.9 Å². The first-order valence-corrected chi connectivity index (χ1v) is 8.90. The Hall–Kier alpha value is -0.870. The Morgan fingerprint density at radius 3 is 2.59 bits per heavy atom. The molecule has 0 saturated carbocycles. The second-order valence-electron chi connectivity index (χ2n) is 4.73. The molecule has 2 N–H and O–H groups in total. The molecule has 1 aliphatic rings. The molecule has 2 rings (SSSR count). The number of nitrogens with zero attached hydrogens (tertiary/aromatic N) is 1. The molecule has 22 heavy (non-hydrogen) atoms. The van der Waals surface area contributed by atoms with Gasteiger partial charge in [-0.15, -0.1) is 0 Å². The number of nitrogens with two attached hydrogens (primary N) is 1. The lowest BCUT2D eigenvalue weighted by Crippen LogP contribution is -2.48. The quantitative estimate of drug-likeness (QED) is 0.794. The van der Waals surface area contributed by atoms with E-state index in [4.69, 9.17) is 19.9 Å². The Labute approximate surface area is 138 Å². The standard InChI is InChI=1S/C13H19BrN2O5S/c1-19-11-5-10(14)13(6-12(11)20-2)22(17,18)16-3-4-21-9(7-15)8-16/h5-6,9H,3-4,7-8,15H2,1-2H3. The summed E-state index contributed by atoms with van der Waals surface area (Å²) in [5.74, 6) is 0.808. The molecule has 0 amide bonds. The van der Waals surface area contributed by atoms with Crippen molar-refractivity contribution in [3.8, 4) is 11.5 Å². The maximum absolute atomic E-state index is 12.8. The second kappa shape index (κ2) is 7.14. The molecule has 0 bridgehead atoms. The molecule has 0 radical (unpaired) electrons. The molecule has 7 nitrogen and oxygen atoms in total. The molecule has 1 aromatic carbocycles. The number of sulfonamides is 1. The summed E-state index contributed by atoms with van der Waals surface area (Å²) in [7, 11) is -0.726. The second-order valence-corrected chi connectivity index (χ2v) is 7.49. The highest BCUT2D eigenvalue weighted by molar-refractivity contribution is 9.10. The van der Waals surface area contributed by atoms with Crippen molar-refractivity contribution < 1.29 is 22.6 Å². The fourth-order valence-electron chi connectivity index (χ4n) is 2.23. The maximum atomic E-state index is 12.8. The molecule has 9 heteroatoms. The Morgan fingerprint density at radius 1 is 1.36 bits per heavy atom. The average Bonchev–Trinajstić information content (AvgIpc) is 2.54. The van der Waals surface area contributed by atoms with E-state index in [1.165, 1.54) is 24.6 Å². The van der Waals surface area contributed by atoms with Crippen LogP contribution in [0.3, 0.4) is 0 Å². The summed E-state index contributed by atoms with van der Waals surface area (Å²) < 4.78 is 43.2. The summed E-state index contributed by atoms with van der Waals surface area (Å²) in [6.45, 7) is 1.13. The van der Waals surface area contributed by atoms with Crippen LogP contribution >= 0.6 is 15.9 Å². The number of benzene rings is 1. The molecule has 0 spiro atoms. The van der Waals surface area contributed by atoms with Gasteiger partial charge in [0.05, 0.1) is 26.9 Å². The molecular formula is C13H19BrN2O5S. The van der Waals surface area contributed by atoms with E-state index in [9.17, 15) is 8.42 Å². The summed E-state index contributed by atoms with van der Waals surface area (Å²) in [4.78, 5) is 0.128. The van der Waals surface area contributed by atoms with E-state index >= 15 is 0 Å². The maximum Gasteiger partial charge on any atom is 0.244 e. The zero-order valence-corrected chi connectivity index (χ0v) is 14.8. The molecule has 1 aromatic rings. The van der Waals surface area contributed by atoms with Crippen LogP contribution in [0.4, 0.5) is 0 Å². The summed E-state index contributed by atoms with van der Waals surface area (Å²) in [5, 5.41) is 0. The van der Waals surface area contributed by atoms with Crippen LogP contribution in [0, 0.1) is 0 Å². The lowest BCUT2D eigenvalue weighted by Gasteiger charge is -2.31. The van der Waals surface area contributed by atoms with Crippen LogP contribution in [0.2, 0.25) is 0 Å². The van der Waals surface area contributed by atoms with Crippen LogP contribution in [0.1, 0.15) is 0 Å². The van der Waals surface area contributed by atoms with Crippen LogP contribution in [0.5, 0.6) is 11.5 Å². The SMILES string of the molecule is COc1cc(Br)c(S(=O)(=O)N2CCOC(CN)C2)cc1OC. The number of hydrogen-bond donors (Lipinski definition) is 1. The zero-order valence-electron chi connectivity index (χ0n) is 12.4. The average molecular weight is 395 g/mol. The third kappa shape index (κ3) is 3.38. The minimum Gasteiger partial charge on any atom is -0.493 e. The highest BCUT2D eigenvalue weighted by atomic mass is 79.9. The van der Waals surface area contributed by atoms with Crippen molar-refractivity contribution in [1.82, 2.24) is 4.31 Å². The number of rotatable bonds is 5. The number of methoxy groups -OCH3 is 2. The Kier molecular flexibility index (Phi) is 5.67. The first-order chi connectivity index (χ1) is 10.4. The first kappa shape index (κ1) is 17.5. The molecule has 1 unspecified atom stereocenters. The van der Waals surface area contributed by atoms with E-state index in [-0.39, 0.29) is 24.1 Å². The summed E-state index contributed by atoms with van der Waals surface area (Å²) in [6.07, 6.45) is -0.289. The van der Waals surface area contributed by atoms with E-state index < -0.39 is 10.0 Å². The molecule has 0 aromatic heterocycles. The van der Waals surface area contributed by atoms with Gasteiger partial charge in [-0.1, -0.05) is 0 Å². The highest BCUT2D eigenvalue weighted by Crippen LogP contribution is 2.36. The molecule has 1 fully saturated rings. The van der Waals surface area contributed by atoms with Gasteiger partial charge in [-0.05, 0) is 22.0 Å². The smallest absolute Gasteiger partial charge is 0.244 e. The molecule has 1 heterocycles. The van der Waals surface area contributed by atoms with Gasteiger partial charge in [0.25, 0.3) is 0 Å². The monoisotopic (exact) mass is 394 g/mol. The van der Waals surface area contributed by atoms with Gasteiger partial charge in [0.2, 0.25) is 10.0 Å². The fraction of sp³-hybridized carbons (Fsp3) is 0.538. The number of morpholine rings is 1. The van der Waals surface area contributed by atoms with Gasteiger partial charge in [0.15, 0.2) is 11.5 Å². The fourth-order valence-corrected chi connectivity index (χ4v) is 4.68. The molecule has 124 valence electrons. The molecule has 1 atom stereocenters. The van der Waals surface area contributed by atoms with Gasteiger partial charge in [0, 0.05) is 30.2 Å². The predicted octanol–water partition coefficient (Wildman–Crippen LogP) is 0.814. The van der Waals surface area contributed by atoms with E-state index in [0.29, 0.717) is 29.1 Å². The van der Waals surface area contributed by atoms with Crippen molar-refractivity contribution in [1.29, 1.82) is 0 Å². The molecular weight excluding hydrogens is 376 g/mol. The van der Waals surface area contributed by atoms with Crippen LogP contribution in [0.15, 0.2) is 21.5 Å². The van der Waals surface area contributed by atoms with Crippen molar-refractivity contribution >= 4 is 26.0 Å². The van der Waals surface area contributed by atoms with E-state index in [2.05, 4.69) is 15.9 Å². The number of hydrogen-bond acceptors (Lipinski definition) is 6. The third-order valence-electron chi connectivity index (χ3n) is 3.42. The Bertz CT molecular complexity index is 638. The Morgan fingerprint density at radius 2 is 2.00 bits per heavy atom. The highest BCUT2D eigenvalue weighted by Gasteiger charge is 2.32. The minimum atomic E-state index is -3.68. The predicted molar refractivity (Wildman–Crippen MR) is 84.8 cm³/mol. The number of halogens is 1. The third-order valence-corrected chi connectivity index (χ3v) is 6.24. The van der Waals surface area contributed by atoms with E-state index in [1.54, 1.807) is 6.07 Å². The zero-order chi connectivity index (χ0) is 16.3. The largest absolute Gasteiger partial charge is 0.493 e.